The normalized spacial score (nSPS) is 11.6. The number of thiazole rings is 1. The van der Waals surface area contributed by atoms with Crippen molar-refractivity contribution in [2.75, 3.05) is 10.6 Å². The summed E-state index contributed by atoms with van der Waals surface area (Å²) in [5.74, 6) is -0.528. The second kappa shape index (κ2) is 12.1. The van der Waals surface area contributed by atoms with Crippen molar-refractivity contribution in [3.8, 4) is 11.3 Å². The van der Waals surface area contributed by atoms with E-state index in [4.69, 9.17) is 0 Å². The van der Waals surface area contributed by atoms with Crippen LogP contribution in [0, 0.1) is 10.1 Å². The molecule has 0 aliphatic carbocycles. The zero-order chi connectivity index (χ0) is 28.1. The van der Waals surface area contributed by atoms with Crippen LogP contribution in [0.1, 0.15) is 23.7 Å². The molecular weight excluding hydrogens is 544 g/mol. The van der Waals surface area contributed by atoms with Crippen molar-refractivity contribution in [3.05, 3.63) is 112 Å². The number of nitro benzene ring substituents is 1. The summed E-state index contributed by atoms with van der Waals surface area (Å²) in [6, 6.07) is 27.0. The number of aromatic nitrogens is 1. The number of nitrogens with one attached hydrogen (secondary N) is 2. The third kappa shape index (κ3) is 6.36. The van der Waals surface area contributed by atoms with Gasteiger partial charge in [-0.25, -0.2) is 4.98 Å². The monoisotopic (exact) mass is 568 g/mol. The van der Waals surface area contributed by atoms with E-state index in [1.807, 2.05) is 36.6 Å². The molecule has 2 N–H and O–H groups in total. The lowest BCUT2D eigenvalue weighted by molar-refractivity contribution is -0.384. The van der Waals surface area contributed by atoms with Gasteiger partial charge in [0.05, 0.1) is 15.9 Å². The maximum atomic E-state index is 13.1. The van der Waals surface area contributed by atoms with Crippen LogP contribution in [0.15, 0.2) is 101 Å². The lowest BCUT2D eigenvalue weighted by atomic mass is 10.1. The van der Waals surface area contributed by atoms with Crippen LogP contribution in [-0.4, -0.2) is 27.0 Å². The summed E-state index contributed by atoms with van der Waals surface area (Å²) in [5.41, 5.74) is 2.58. The number of fused-ring (bicyclic) bond motifs is 1. The van der Waals surface area contributed by atoms with Crippen LogP contribution in [0.25, 0.3) is 22.0 Å². The summed E-state index contributed by atoms with van der Waals surface area (Å²) in [5, 5.41) is 21.0. The van der Waals surface area contributed by atoms with Crippen LogP contribution in [-0.2, 0) is 4.79 Å². The molecule has 40 heavy (non-hydrogen) atoms. The Hall–Kier alpha value is -4.54. The van der Waals surface area contributed by atoms with E-state index in [2.05, 4.69) is 39.9 Å². The number of amides is 2. The predicted octanol–water partition coefficient (Wildman–Crippen LogP) is 7.63. The minimum absolute atomic E-state index is 0.0820. The Balaban J connectivity index is 1.22. The van der Waals surface area contributed by atoms with E-state index in [1.165, 1.54) is 47.4 Å². The summed E-state index contributed by atoms with van der Waals surface area (Å²) in [4.78, 5) is 41.5. The van der Waals surface area contributed by atoms with Crippen molar-refractivity contribution >= 4 is 62.2 Å². The highest BCUT2D eigenvalue weighted by molar-refractivity contribution is 8.00. The molecule has 4 aromatic carbocycles. The van der Waals surface area contributed by atoms with Crippen LogP contribution in [0.4, 0.5) is 16.5 Å². The average molecular weight is 569 g/mol. The Kier molecular flexibility index (Phi) is 8.18. The van der Waals surface area contributed by atoms with Gasteiger partial charge >= 0.3 is 0 Å². The van der Waals surface area contributed by atoms with Crippen molar-refractivity contribution in [1.29, 1.82) is 0 Å². The minimum Gasteiger partial charge on any atom is -0.322 e. The Morgan fingerprint density at radius 1 is 0.950 bits per heavy atom. The molecule has 0 bridgehead atoms. The van der Waals surface area contributed by atoms with E-state index in [0.717, 1.165) is 26.9 Å². The van der Waals surface area contributed by atoms with Gasteiger partial charge in [-0.1, -0.05) is 49.4 Å². The lowest BCUT2D eigenvalue weighted by Crippen LogP contribution is -2.24. The molecule has 0 fully saturated rings. The Morgan fingerprint density at radius 2 is 1.73 bits per heavy atom. The third-order valence-electron chi connectivity index (χ3n) is 6.15. The molecule has 0 aliphatic rings. The van der Waals surface area contributed by atoms with E-state index in [-0.39, 0.29) is 22.8 Å². The molecule has 2 amide bonds. The fourth-order valence-electron chi connectivity index (χ4n) is 4.07. The van der Waals surface area contributed by atoms with Gasteiger partial charge in [0.15, 0.2) is 5.13 Å². The highest BCUT2D eigenvalue weighted by Crippen LogP contribution is 2.31. The summed E-state index contributed by atoms with van der Waals surface area (Å²) in [6.07, 6.45) is 0.596. The highest BCUT2D eigenvalue weighted by atomic mass is 32.2. The fraction of sp³-hybridized carbons (Fsp3) is 0.100. The first-order valence-corrected chi connectivity index (χ1v) is 14.2. The van der Waals surface area contributed by atoms with Gasteiger partial charge < -0.3 is 10.6 Å². The molecule has 5 rings (SSSR count). The van der Waals surface area contributed by atoms with E-state index >= 15 is 0 Å². The fourth-order valence-corrected chi connectivity index (χ4v) is 5.81. The van der Waals surface area contributed by atoms with Gasteiger partial charge in [-0.05, 0) is 53.6 Å². The van der Waals surface area contributed by atoms with E-state index in [0.29, 0.717) is 22.8 Å². The molecule has 10 heteroatoms. The lowest BCUT2D eigenvalue weighted by Gasteiger charge is -2.14. The number of carbonyl (C=O) groups excluding carboxylic acids is 2. The van der Waals surface area contributed by atoms with Crippen molar-refractivity contribution in [3.63, 3.8) is 0 Å². The van der Waals surface area contributed by atoms with Gasteiger partial charge in [0.1, 0.15) is 0 Å². The molecule has 0 spiro atoms. The number of hydrogen-bond donors (Lipinski definition) is 2. The predicted molar refractivity (Wildman–Crippen MR) is 161 cm³/mol. The van der Waals surface area contributed by atoms with Crippen molar-refractivity contribution < 1.29 is 14.5 Å². The van der Waals surface area contributed by atoms with Crippen molar-refractivity contribution in [1.82, 2.24) is 4.98 Å². The SMILES string of the molecule is CCC(Sc1cccc(NC(=O)c2ccc([N+](=O)[O-])cc2)c1)C(=O)Nc1nc(-c2ccc3ccccc3c2)cs1. The Bertz CT molecular complexity index is 1700. The van der Waals surface area contributed by atoms with Crippen LogP contribution in [0.3, 0.4) is 0 Å². The first kappa shape index (κ1) is 27.0. The molecule has 8 nitrogen and oxygen atoms in total. The van der Waals surface area contributed by atoms with Gasteiger partial charge in [-0.3, -0.25) is 19.7 Å². The molecule has 1 aromatic heterocycles. The number of thioether (sulfide) groups is 1. The number of carbonyl (C=O) groups is 2. The Labute approximate surface area is 238 Å². The van der Waals surface area contributed by atoms with Crippen molar-refractivity contribution in [2.24, 2.45) is 0 Å². The topological polar surface area (TPSA) is 114 Å². The first-order chi connectivity index (χ1) is 19.4. The largest absolute Gasteiger partial charge is 0.322 e. The van der Waals surface area contributed by atoms with Crippen LogP contribution >= 0.6 is 23.1 Å². The standard InChI is InChI=1S/C30H24N4O4S2/c1-2-27(29(36)33-30-32-26(18-39-30)22-11-10-19-6-3-4-7-21(19)16-22)40-25-9-5-8-23(17-25)31-28(35)20-12-14-24(15-13-20)34(37)38/h3-18,27H,2H2,1H3,(H,31,35)(H,32,33,36). The quantitative estimate of drug-likeness (QED) is 0.107. The van der Waals surface area contributed by atoms with Crippen molar-refractivity contribution in [2.45, 2.75) is 23.5 Å². The zero-order valence-electron chi connectivity index (χ0n) is 21.4. The van der Waals surface area contributed by atoms with Gasteiger partial charge in [-0.2, -0.15) is 0 Å². The molecule has 1 atom stereocenters. The summed E-state index contributed by atoms with van der Waals surface area (Å²) >= 11 is 2.79. The van der Waals surface area contributed by atoms with Gasteiger partial charge in [0.25, 0.3) is 11.6 Å². The number of anilines is 2. The molecule has 200 valence electrons. The van der Waals surface area contributed by atoms with Crippen LogP contribution in [0.2, 0.25) is 0 Å². The molecule has 0 aliphatic heterocycles. The van der Waals surface area contributed by atoms with Gasteiger partial charge in [0.2, 0.25) is 5.91 Å². The number of rotatable bonds is 9. The number of hydrogen-bond acceptors (Lipinski definition) is 7. The molecule has 5 aromatic rings. The summed E-state index contributed by atoms with van der Waals surface area (Å²) in [7, 11) is 0. The first-order valence-electron chi connectivity index (χ1n) is 12.5. The number of nitro groups is 1. The molecule has 0 radical (unpaired) electrons. The van der Waals surface area contributed by atoms with E-state index < -0.39 is 4.92 Å². The van der Waals surface area contributed by atoms with Crippen LogP contribution in [0.5, 0.6) is 0 Å². The summed E-state index contributed by atoms with van der Waals surface area (Å²) < 4.78 is 0. The highest BCUT2D eigenvalue weighted by Gasteiger charge is 2.20. The maximum absolute atomic E-state index is 13.1. The van der Waals surface area contributed by atoms with E-state index in [9.17, 15) is 19.7 Å². The average Bonchev–Trinajstić information content (AvgIpc) is 3.44. The number of non-ortho nitro benzene ring substituents is 1. The summed E-state index contributed by atoms with van der Waals surface area (Å²) in [6.45, 7) is 1.94. The molecule has 1 heterocycles. The number of nitrogens with zero attached hydrogens (tertiary/aromatic N) is 2. The van der Waals surface area contributed by atoms with Crippen LogP contribution < -0.4 is 10.6 Å². The maximum Gasteiger partial charge on any atom is 0.269 e. The smallest absolute Gasteiger partial charge is 0.269 e. The van der Waals surface area contributed by atoms with Gasteiger partial charge in [-0.15, -0.1) is 23.1 Å². The Morgan fingerprint density at radius 3 is 2.48 bits per heavy atom. The third-order valence-corrected chi connectivity index (χ3v) is 8.27. The molecule has 0 saturated heterocycles. The minimum atomic E-state index is -0.513. The zero-order valence-corrected chi connectivity index (χ0v) is 23.0. The van der Waals surface area contributed by atoms with E-state index in [1.54, 1.807) is 18.2 Å². The number of benzene rings is 4. The molecular formula is C30H24N4O4S2. The molecule has 0 saturated carbocycles. The van der Waals surface area contributed by atoms with Gasteiger partial charge in [0, 0.05) is 39.2 Å². The second-order valence-corrected chi connectivity index (χ2v) is 11.0. The molecule has 1 unspecified atom stereocenters. The second-order valence-electron chi connectivity index (χ2n) is 8.89.